The molecular weight excluding hydrogens is 259 g/mol. The molecule has 1 N–H and O–H groups in total. The standard InChI is InChI=1S/C10H13ClF3NS/c1-3-4-15-8(10(12,13)14)7-5-6(2)9(11)16-7/h5,8,15H,3-4H2,1-2H3. The van der Waals surface area contributed by atoms with Gasteiger partial charge in [0, 0.05) is 4.88 Å². The number of aryl methyl sites for hydroxylation is 1. The molecule has 16 heavy (non-hydrogen) atoms. The number of thiophene rings is 1. The van der Waals surface area contributed by atoms with Gasteiger partial charge in [0.05, 0.1) is 4.34 Å². The highest BCUT2D eigenvalue weighted by atomic mass is 35.5. The van der Waals surface area contributed by atoms with Crippen molar-refractivity contribution in [2.24, 2.45) is 0 Å². The molecule has 1 aromatic heterocycles. The van der Waals surface area contributed by atoms with Crippen LogP contribution in [0.2, 0.25) is 4.34 Å². The Morgan fingerprint density at radius 1 is 1.50 bits per heavy atom. The molecule has 0 aliphatic carbocycles. The highest BCUT2D eigenvalue weighted by Gasteiger charge is 2.41. The van der Waals surface area contributed by atoms with Gasteiger partial charge in [0.15, 0.2) is 0 Å². The summed E-state index contributed by atoms with van der Waals surface area (Å²) in [6.45, 7) is 3.86. The van der Waals surface area contributed by atoms with E-state index in [1.807, 2.05) is 6.92 Å². The van der Waals surface area contributed by atoms with Crippen LogP contribution in [0.3, 0.4) is 0 Å². The van der Waals surface area contributed by atoms with Crippen LogP contribution in [0.15, 0.2) is 6.07 Å². The van der Waals surface area contributed by atoms with Gasteiger partial charge in [-0.25, -0.2) is 0 Å². The van der Waals surface area contributed by atoms with Crippen molar-refractivity contribution >= 4 is 22.9 Å². The zero-order valence-electron chi connectivity index (χ0n) is 8.99. The van der Waals surface area contributed by atoms with Crippen LogP contribution in [0.4, 0.5) is 13.2 Å². The minimum Gasteiger partial charge on any atom is -0.302 e. The quantitative estimate of drug-likeness (QED) is 0.860. The van der Waals surface area contributed by atoms with Crippen LogP contribution < -0.4 is 5.32 Å². The van der Waals surface area contributed by atoms with Gasteiger partial charge in [-0.3, -0.25) is 0 Å². The average Bonchev–Trinajstić information content (AvgIpc) is 2.45. The maximum absolute atomic E-state index is 12.8. The second-order valence-electron chi connectivity index (χ2n) is 3.53. The van der Waals surface area contributed by atoms with Gasteiger partial charge in [0.25, 0.3) is 0 Å². The molecule has 1 heterocycles. The zero-order chi connectivity index (χ0) is 12.3. The lowest BCUT2D eigenvalue weighted by Crippen LogP contribution is -2.34. The molecule has 92 valence electrons. The molecule has 1 atom stereocenters. The van der Waals surface area contributed by atoms with Crippen molar-refractivity contribution in [3.05, 3.63) is 20.8 Å². The van der Waals surface area contributed by atoms with Crippen LogP contribution >= 0.6 is 22.9 Å². The van der Waals surface area contributed by atoms with Crippen molar-refractivity contribution in [1.29, 1.82) is 0 Å². The largest absolute Gasteiger partial charge is 0.408 e. The molecule has 6 heteroatoms. The molecule has 0 aliphatic heterocycles. The van der Waals surface area contributed by atoms with Gasteiger partial charge in [-0.05, 0) is 31.5 Å². The van der Waals surface area contributed by atoms with Crippen molar-refractivity contribution < 1.29 is 13.2 Å². The Hall–Kier alpha value is -0.260. The van der Waals surface area contributed by atoms with Gasteiger partial charge in [-0.15, -0.1) is 11.3 Å². The second kappa shape index (κ2) is 5.38. The fraction of sp³-hybridized carbons (Fsp3) is 0.600. The summed E-state index contributed by atoms with van der Waals surface area (Å²) in [6, 6.07) is -0.114. The minimum absolute atomic E-state index is 0.225. The van der Waals surface area contributed by atoms with E-state index >= 15 is 0 Å². The fourth-order valence-corrected chi connectivity index (χ4v) is 2.61. The van der Waals surface area contributed by atoms with E-state index in [2.05, 4.69) is 5.32 Å². The lowest BCUT2D eigenvalue weighted by atomic mass is 10.2. The summed E-state index contributed by atoms with van der Waals surface area (Å²) >= 11 is 6.76. The molecule has 0 bridgehead atoms. The summed E-state index contributed by atoms with van der Waals surface area (Å²) in [7, 11) is 0. The van der Waals surface area contributed by atoms with Gasteiger partial charge in [-0.1, -0.05) is 18.5 Å². The monoisotopic (exact) mass is 271 g/mol. The van der Waals surface area contributed by atoms with Gasteiger partial charge < -0.3 is 5.32 Å². The van der Waals surface area contributed by atoms with E-state index in [0.717, 1.165) is 11.3 Å². The SMILES string of the molecule is CCCNC(c1cc(C)c(Cl)s1)C(F)(F)F. The molecule has 0 fully saturated rings. The van der Waals surface area contributed by atoms with E-state index < -0.39 is 12.2 Å². The predicted octanol–water partition coefficient (Wildman–Crippen LogP) is 4.31. The van der Waals surface area contributed by atoms with Crippen molar-refractivity contribution in [2.75, 3.05) is 6.54 Å². The smallest absolute Gasteiger partial charge is 0.302 e. The summed E-state index contributed by atoms with van der Waals surface area (Å²) < 4.78 is 38.7. The Bertz CT molecular complexity index is 329. The first-order valence-corrected chi connectivity index (χ1v) is 6.11. The maximum atomic E-state index is 12.8. The first-order chi connectivity index (χ1) is 7.36. The predicted molar refractivity (Wildman–Crippen MR) is 61.2 cm³/mol. The summed E-state index contributed by atoms with van der Waals surface area (Å²) in [5.41, 5.74) is 0.689. The van der Waals surface area contributed by atoms with Crippen molar-refractivity contribution in [3.63, 3.8) is 0 Å². The number of hydrogen-bond donors (Lipinski definition) is 1. The van der Waals surface area contributed by atoms with E-state index in [1.54, 1.807) is 6.92 Å². The summed E-state index contributed by atoms with van der Waals surface area (Å²) in [4.78, 5) is 0.225. The van der Waals surface area contributed by atoms with Gasteiger partial charge in [0.2, 0.25) is 0 Å². The lowest BCUT2D eigenvalue weighted by molar-refractivity contribution is -0.156. The molecular formula is C10H13ClF3NS. The molecule has 0 saturated heterocycles. The molecule has 1 nitrogen and oxygen atoms in total. The van der Waals surface area contributed by atoms with Crippen LogP contribution in [0.1, 0.15) is 29.8 Å². The van der Waals surface area contributed by atoms with E-state index in [0.29, 0.717) is 22.9 Å². The van der Waals surface area contributed by atoms with Gasteiger partial charge >= 0.3 is 6.18 Å². The third-order valence-electron chi connectivity index (χ3n) is 2.09. The van der Waals surface area contributed by atoms with Crippen LogP contribution in [0, 0.1) is 6.92 Å². The number of hydrogen-bond acceptors (Lipinski definition) is 2. The lowest BCUT2D eigenvalue weighted by Gasteiger charge is -2.20. The van der Waals surface area contributed by atoms with Crippen LogP contribution in [0.5, 0.6) is 0 Å². The molecule has 0 radical (unpaired) electrons. The molecule has 0 aliphatic rings. The second-order valence-corrected chi connectivity index (χ2v) is 5.22. The Kier molecular flexibility index (Phi) is 4.64. The third kappa shape index (κ3) is 3.37. The Labute approximate surface area is 102 Å². The van der Waals surface area contributed by atoms with Gasteiger partial charge in [-0.2, -0.15) is 13.2 Å². The van der Waals surface area contributed by atoms with Crippen molar-refractivity contribution in [1.82, 2.24) is 5.32 Å². The highest BCUT2D eigenvalue weighted by Crippen LogP contribution is 2.39. The van der Waals surface area contributed by atoms with E-state index in [9.17, 15) is 13.2 Å². The number of alkyl halides is 3. The van der Waals surface area contributed by atoms with Crippen LogP contribution in [-0.4, -0.2) is 12.7 Å². The Balaban J connectivity index is 2.92. The third-order valence-corrected chi connectivity index (χ3v) is 3.71. The molecule has 1 unspecified atom stereocenters. The topological polar surface area (TPSA) is 12.0 Å². The molecule has 0 aromatic carbocycles. The number of nitrogens with one attached hydrogen (secondary N) is 1. The molecule has 0 saturated carbocycles. The highest BCUT2D eigenvalue weighted by molar-refractivity contribution is 7.16. The van der Waals surface area contributed by atoms with Gasteiger partial charge in [0.1, 0.15) is 6.04 Å². The van der Waals surface area contributed by atoms with Crippen LogP contribution in [-0.2, 0) is 0 Å². The molecule has 1 rings (SSSR count). The van der Waals surface area contributed by atoms with Crippen molar-refractivity contribution in [3.8, 4) is 0 Å². The first-order valence-electron chi connectivity index (χ1n) is 4.92. The van der Waals surface area contributed by atoms with E-state index in [4.69, 9.17) is 11.6 Å². The number of halogens is 4. The van der Waals surface area contributed by atoms with E-state index in [1.165, 1.54) is 6.07 Å². The minimum atomic E-state index is -4.28. The molecule has 1 aromatic rings. The fourth-order valence-electron chi connectivity index (χ4n) is 1.29. The summed E-state index contributed by atoms with van der Waals surface area (Å²) in [5.74, 6) is 0. The normalized spacial score (nSPS) is 14.1. The van der Waals surface area contributed by atoms with Crippen LogP contribution in [0.25, 0.3) is 0 Å². The Morgan fingerprint density at radius 3 is 2.50 bits per heavy atom. The number of rotatable bonds is 4. The van der Waals surface area contributed by atoms with Crippen molar-refractivity contribution in [2.45, 2.75) is 32.5 Å². The van der Waals surface area contributed by atoms with E-state index in [-0.39, 0.29) is 4.88 Å². The maximum Gasteiger partial charge on any atom is 0.408 e. The zero-order valence-corrected chi connectivity index (χ0v) is 10.6. The first kappa shape index (κ1) is 13.8. The Morgan fingerprint density at radius 2 is 2.12 bits per heavy atom. The summed E-state index contributed by atoms with van der Waals surface area (Å²) in [6.07, 6.45) is -3.62. The average molecular weight is 272 g/mol. The molecule has 0 spiro atoms. The summed E-state index contributed by atoms with van der Waals surface area (Å²) in [5, 5.41) is 2.49. The molecule has 0 amide bonds.